The van der Waals surface area contributed by atoms with Gasteiger partial charge in [-0.15, -0.1) is 0 Å². The molecule has 6 nitrogen and oxygen atoms in total. The van der Waals surface area contributed by atoms with Gasteiger partial charge in [0.1, 0.15) is 5.75 Å². The molecule has 0 spiro atoms. The van der Waals surface area contributed by atoms with Gasteiger partial charge in [0, 0.05) is 37.2 Å². The maximum absolute atomic E-state index is 12.7. The van der Waals surface area contributed by atoms with E-state index in [4.69, 9.17) is 4.74 Å². The van der Waals surface area contributed by atoms with Crippen molar-refractivity contribution >= 4 is 11.9 Å². The molecule has 0 radical (unpaired) electrons. The third kappa shape index (κ3) is 5.75. The highest BCUT2D eigenvalue weighted by atomic mass is 16.5. The number of ether oxygens (including phenoxy) is 1. The Labute approximate surface area is 178 Å². The van der Waals surface area contributed by atoms with Gasteiger partial charge in [-0.3, -0.25) is 4.79 Å². The van der Waals surface area contributed by atoms with Crippen LogP contribution in [0.25, 0.3) is 0 Å². The molecule has 1 aliphatic rings. The minimum Gasteiger partial charge on any atom is -0.497 e. The van der Waals surface area contributed by atoms with Gasteiger partial charge < -0.3 is 20.3 Å². The molecule has 0 aromatic heterocycles. The summed E-state index contributed by atoms with van der Waals surface area (Å²) in [6.45, 7) is 5.84. The van der Waals surface area contributed by atoms with Crippen LogP contribution in [-0.2, 0) is 6.54 Å². The summed E-state index contributed by atoms with van der Waals surface area (Å²) in [5.41, 5.74) is 2.76. The van der Waals surface area contributed by atoms with E-state index in [1.807, 2.05) is 61.2 Å². The van der Waals surface area contributed by atoms with Crippen LogP contribution in [0.3, 0.4) is 0 Å². The number of methoxy groups -OCH3 is 1. The zero-order valence-corrected chi connectivity index (χ0v) is 18.0. The third-order valence-corrected chi connectivity index (χ3v) is 5.35. The lowest BCUT2D eigenvalue weighted by atomic mass is 9.89. The van der Waals surface area contributed by atoms with E-state index in [0.717, 1.165) is 36.3 Å². The lowest BCUT2D eigenvalue weighted by Gasteiger charge is -2.33. The van der Waals surface area contributed by atoms with Crippen LogP contribution in [0.5, 0.6) is 5.75 Å². The van der Waals surface area contributed by atoms with Gasteiger partial charge >= 0.3 is 6.03 Å². The smallest absolute Gasteiger partial charge is 0.317 e. The fourth-order valence-corrected chi connectivity index (χ4v) is 3.73. The van der Waals surface area contributed by atoms with Crippen molar-refractivity contribution in [2.45, 2.75) is 45.2 Å². The summed E-state index contributed by atoms with van der Waals surface area (Å²) in [5, 5.41) is 5.95. The van der Waals surface area contributed by atoms with Gasteiger partial charge in [-0.05, 0) is 62.1 Å². The highest BCUT2D eigenvalue weighted by Gasteiger charge is 2.25. The summed E-state index contributed by atoms with van der Waals surface area (Å²) >= 11 is 0. The van der Waals surface area contributed by atoms with E-state index in [2.05, 4.69) is 16.7 Å². The largest absolute Gasteiger partial charge is 0.497 e. The van der Waals surface area contributed by atoms with Gasteiger partial charge in [0.25, 0.3) is 5.91 Å². The highest BCUT2D eigenvalue weighted by Crippen LogP contribution is 2.27. The molecule has 160 valence electrons. The van der Waals surface area contributed by atoms with Crippen molar-refractivity contribution < 1.29 is 14.3 Å². The Morgan fingerprint density at radius 1 is 1.17 bits per heavy atom. The van der Waals surface area contributed by atoms with Gasteiger partial charge in [-0.2, -0.15) is 0 Å². The molecule has 1 heterocycles. The second kappa shape index (κ2) is 10.1. The predicted molar refractivity (Wildman–Crippen MR) is 118 cm³/mol. The number of carbonyl (C=O) groups excluding carboxylic acids is 2. The summed E-state index contributed by atoms with van der Waals surface area (Å²) in [6, 6.07) is 15.5. The van der Waals surface area contributed by atoms with E-state index >= 15 is 0 Å². The molecule has 1 saturated heterocycles. The molecule has 1 aliphatic heterocycles. The maximum atomic E-state index is 12.7. The molecule has 2 N–H and O–H groups in total. The van der Waals surface area contributed by atoms with Crippen molar-refractivity contribution in [3.8, 4) is 5.75 Å². The predicted octanol–water partition coefficient (Wildman–Crippen LogP) is 3.92. The number of benzene rings is 2. The second-order valence-electron chi connectivity index (χ2n) is 8.05. The molecule has 2 aromatic rings. The molecule has 6 heteroatoms. The lowest BCUT2D eigenvalue weighted by molar-refractivity contribution is 0.0950. The number of likely N-dealkylation sites (tertiary alicyclic amines) is 1. The molecule has 0 aliphatic carbocycles. The molecule has 0 unspecified atom stereocenters. The standard InChI is InChI=1S/C24H31N3O3/c1-17(2)26-24(29)27-13-5-8-21(16-27)19-6-4-7-20(14-19)23(28)25-15-18-9-11-22(30-3)12-10-18/h4,6-7,9-12,14,17,21H,5,8,13,15-16H2,1-3H3,(H,25,28)(H,26,29)/t21-/m1/s1. The van der Waals surface area contributed by atoms with Gasteiger partial charge in [0.2, 0.25) is 0 Å². The SMILES string of the molecule is COc1ccc(CNC(=O)c2cccc([C@@H]3CCCN(C(=O)NC(C)C)C3)c2)cc1. The van der Waals surface area contributed by atoms with Crippen molar-refractivity contribution in [2.24, 2.45) is 0 Å². The first-order valence-corrected chi connectivity index (χ1v) is 10.5. The van der Waals surface area contributed by atoms with Crippen molar-refractivity contribution in [3.63, 3.8) is 0 Å². The van der Waals surface area contributed by atoms with Gasteiger partial charge in [-0.25, -0.2) is 4.79 Å². The molecular weight excluding hydrogens is 378 g/mol. The molecule has 1 fully saturated rings. The van der Waals surface area contributed by atoms with Crippen molar-refractivity contribution in [2.75, 3.05) is 20.2 Å². The van der Waals surface area contributed by atoms with E-state index in [0.29, 0.717) is 18.7 Å². The molecule has 2 aromatic carbocycles. The Kier molecular flexibility index (Phi) is 7.33. The Balaban J connectivity index is 1.61. The summed E-state index contributed by atoms with van der Waals surface area (Å²) < 4.78 is 5.16. The van der Waals surface area contributed by atoms with E-state index in [1.165, 1.54) is 0 Å². The minimum absolute atomic E-state index is 0.0110. The molecule has 30 heavy (non-hydrogen) atoms. The number of hydrogen-bond acceptors (Lipinski definition) is 3. The average Bonchev–Trinajstić information content (AvgIpc) is 2.77. The number of hydrogen-bond donors (Lipinski definition) is 2. The van der Waals surface area contributed by atoms with E-state index in [-0.39, 0.29) is 23.9 Å². The highest BCUT2D eigenvalue weighted by molar-refractivity contribution is 5.94. The Hall–Kier alpha value is -3.02. The first-order chi connectivity index (χ1) is 14.5. The Morgan fingerprint density at radius 3 is 2.63 bits per heavy atom. The Morgan fingerprint density at radius 2 is 1.93 bits per heavy atom. The number of urea groups is 1. The lowest BCUT2D eigenvalue weighted by Crippen LogP contribution is -2.47. The van der Waals surface area contributed by atoms with Crippen LogP contribution in [0.1, 0.15) is 54.1 Å². The summed E-state index contributed by atoms with van der Waals surface area (Å²) in [4.78, 5) is 26.9. The number of rotatable bonds is 6. The van der Waals surface area contributed by atoms with Crippen LogP contribution < -0.4 is 15.4 Å². The van der Waals surface area contributed by atoms with Gasteiger partial charge in [-0.1, -0.05) is 24.3 Å². The summed E-state index contributed by atoms with van der Waals surface area (Å²) in [7, 11) is 1.63. The fraction of sp³-hybridized carbons (Fsp3) is 0.417. The Bertz CT molecular complexity index is 864. The van der Waals surface area contributed by atoms with Gasteiger partial charge in [0.15, 0.2) is 0 Å². The van der Waals surface area contributed by atoms with Crippen molar-refractivity contribution in [1.29, 1.82) is 0 Å². The number of piperidine rings is 1. The van der Waals surface area contributed by atoms with E-state index < -0.39 is 0 Å². The molecular formula is C24H31N3O3. The zero-order chi connectivity index (χ0) is 21.5. The van der Waals surface area contributed by atoms with Crippen LogP contribution >= 0.6 is 0 Å². The minimum atomic E-state index is -0.0992. The first-order valence-electron chi connectivity index (χ1n) is 10.5. The zero-order valence-electron chi connectivity index (χ0n) is 18.0. The van der Waals surface area contributed by atoms with Crippen LogP contribution in [0.2, 0.25) is 0 Å². The monoisotopic (exact) mass is 409 g/mol. The van der Waals surface area contributed by atoms with E-state index in [9.17, 15) is 9.59 Å². The van der Waals surface area contributed by atoms with Crippen LogP contribution in [0.4, 0.5) is 4.79 Å². The number of carbonyl (C=O) groups is 2. The summed E-state index contributed by atoms with van der Waals surface area (Å²) in [5.74, 6) is 0.935. The topological polar surface area (TPSA) is 70.7 Å². The normalized spacial score (nSPS) is 16.3. The molecule has 1 atom stereocenters. The molecule has 0 bridgehead atoms. The van der Waals surface area contributed by atoms with Crippen molar-refractivity contribution in [3.05, 3.63) is 65.2 Å². The molecule has 3 amide bonds. The summed E-state index contributed by atoms with van der Waals surface area (Å²) in [6.07, 6.45) is 1.98. The van der Waals surface area contributed by atoms with Crippen LogP contribution in [-0.4, -0.2) is 43.1 Å². The number of amides is 3. The first kappa shape index (κ1) is 21.7. The number of nitrogens with zero attached hydrogens (tertiary/aromatic N) is 1. The molecule has 0 saturated carbocycles. The van der Waals surface area contributed by atoms with Crippen LogP contribution in [0.15, 0.2) is 48.5 Å². The number of nitrogens with one attached hydrogen (secondary N) is 2. The molecule has 3 rings (SSSR count). The second-order valence-corrected chi connectivity index (χ2v) is 8.05. The maximum Gasteiger partial charge on any atom is 0.317 e. The van der Waals surface area contributed by atoms with Crippen molar-refractivity contribution in [1.82, 2.24) is 15.5 Å². The average molecular weight is 410 g/mol. The van der Waals surface area contributed by atoms with Gasteiger partial charge in [0.05, 0.1) is 7.11 Å². The third-order valence-electron chi connectivity index (χ3n) is 5.35. The van der Waals surface area contributed by atoms with E-state index in [1.54, 1.807) is 7.11 Å². The quantitative estimate of drug-likeness (QED) is 0.760. The fourth-order valence-electron chi connectivity index (χ4n) is 3.73. The van der Waals surface area contributed by atoms with Crippen LogP contribution in [0, 0.1) is 0 Å².